The third-order valence-electron chi connectivity index (χ3n) is 3.09. The summed E-state index contributed by atoms with van der Waals surface area (Å²) in [6.07, 6.45) is 2.70. The number of thiazole rings is 1. The maximum Gasteiger partial charge on any atom is 0.244 e. The Bertz CT molecular complexity index is 751. The molecule has 0 unspecified atom stereocenters. The normalized spacial score (nSPS) is 11.2. The van der Waals surface area contributed by atoms with Crippen LogP contribution in [0.3, 0.4) is 0 Å². The molecule has 2 heterocycles. The number of ether oxygens (including phenoxy) is 1. The Balaban J connectivity index is 1.98. The van der Waals surface area contributed by atoms with Gasteiger partial charge in [0.05, 0.1) is 6.61 Å². The van der Waals surface area contributed by atoms with E-state index in [4.69, 9.17) is 16.3 Å². The molecule has 0 saturated carbocycles. The molecule has 0 aliphatic carbocycles. The second-order valence-electron chi connectivity index (χ2n) is 4.29. The summed E-state index contributed by atoms with van der Waals surface area (Å²) in [4.78, 5) is 5.18. The molecule has 2 aromatic heterocycles. The highest BCUT2D eigenvalue weighted by atomic mass is 35.5. The Morgan fingerprint density at radius 2 is 2.30 bits per heavy atom. The van der Waals surface area contributed by atoms with Gasteiger partial charge >= 0.3 is 0 Å². The van der Waals surface area contributed by atoms with Gasteiger partial charge in [-0.05, 0) is 30.2 Å². The van der Waals surface area contributed by atoms with Crippen molar-refractivity contribution in [2.24, 2.45) is 0 Å². The van der Waals surface area contributed by atoms with Crippen LogP contribution >= 0.6 is 22.9 Å². The summed E-state index contributed by atoms with van der Waals surface area (Å²) in [5.74, 6) is 1.11. The Kier molecular flexibility index (Phi) is 3.65. The van der Waals surface area contributed by atoms with Gasteiger partial charge in [0.25, 0.3) is 0 Å². The summed E-state index contributed by atoms with van der Waals surface area (Å²) in [6.45, 7) is 1.91. The number of nitrogens with zero attached hydrogens (tertiary/aromatic N) is 2. The third-order valence-corrected chi connectivity index (χ3v) is 4.21. The number of halogens is 1. The van der Waals surface area contributed by atoms with Crippen molar-refractivity contribution in [3.05, 3.63) is 46.1 Å². The number of aromatic nitrogens is 2. The van der Waals surface area contributed by atoms with E-state index in [1.54, 1.807) is 6.07 Å². The van der Waals surface area contributed by atoms with Gasteiger partial charge in [-0.2, -0.15) is 4.98 Å². The van der Waals surface area contributed by atoms with Crippen LogP contribution in [-0.2, 0) is 13.0 Å². The Labute approximate surface area is 125 Å². The molecule has 1 N–H and O–H groups in total. The molecular formula is C14H13ClN2O2S. The first kappa shape index (κ1) is 13.4. The molecule has 0 radical (unpaired) electrons. The van der Waals surface area contributed by atoms with E-state index in [0.717, 1.165) is 22.0 Å². The minimum Gasteiger partial charge on any atom is -0.437 e. The van der Waals surface area contributed by atoms with Crippen molar-refractivity contribution >= 4 is 27.9 Å². The zero-order valence-electron chi connectivity index (χ0n) is 10.8. The van der Waals surface area contributed by atoms with Gasteiger partial charge < -0.3 is 9.84 Å². The van der Waals surface area contributed by atoms with Gasteiger partial charge in [0, 0.05) is 16.6 Å². The van der Waals surface area contributed by atoms with Gasteiger partial charge in [0.1, 0.15) is 11.4 Å². The highest BCUT2D eigenvalue weighted by Crippen LogP contribution is 2.30. The fourth-order valence-corrected chi connectivity index (χ4v) is 3.01. The maximum atomic E-state index is 9.49. The predicted molar refractivity (Wildman–Crippen MR) is 79.9 cm³/mol. The van der Waals surface area contributed by atoms with Crippen LogP contribution in [0.25, 0.3) is 4.96 Å². The molecule has 0 bridgehead atoms. The van der Waals surface area contributed by atoms with Crippen molar-refractivity contribution in [2.45, 2.75) is 20.0 Å². The molecule has 3 aromatic rings. The van der Waals surface area contributed by atoms with Crippen molar-refractivity contribution < 1.29 is 9.84 Å². The van der Waals surface area contributed by atoms with Crippen molar-refractivity contribution in [1.82, 2.24) is 9.38 Å². The fraction of sp³-hybridized carbons (Fsp3) is 0.214. The topological polar surface area (TPSA) is 46.8 Å². The second-order valence-corrected chi connectivity index (χ2v) is 5.57. The summed E-state index contributed by atoms with van der Waals surface area (Å²) in [6, 6.07) is 5.51. The van der Waals surface area contributed by atoms with E-state index in [2.05, 4.69) is 4.98 Å². The van der Waals surface area contributed by atoms with Gasteiger partial charge in [-0.15, -0.1) is 11.3 Å². The Morgan fingerprint density at radius 3 is 3.05 bits per heavy atom. The van der Waals surface area contributed by atoms with E-state index in [0.29, 0.717) is 17.3 Å². The minimum absolute atomic E-state index is 0.124. The van der Waals surface area contributed by atoms with Crippen molar-refractivity contribution in [3.63, 3.8) is 0 Å². The molecule has 20 heavy (non-hydrogen) atoms. The zero-order chi connectivity index (χ0) is 14.1. The van der Waals surface area contributed by atoms with E-state index in [1.165, 1.54) is 11.3 Å². The molecule has 0 saturated heterocycles. The van der Waals surface area contributed by atoms with E-state index >= 15 is 0 Å². The van der Waals surface area contributed by atoms with Crippen LogP contribution in [0.2, 0.25) is 5.02 Å². The molecule has 104 valence electrons. The van der Waals surface area contributed by atoms with E-state index in [1.807, 2.05) is 35.0 Å². The lowest BCUT2D eigenvalue weighted by Gasteiger charge is -2.07. The first-order chi connectivity index (χ1) is 9.72. The highest BCUT2D eigenvalue weighted by Gasteiger charge is 2.14. The summed E-state index contributed by atoms with van der Waals surface area (Å²) in [5.41, 5.74) is 1.67. The largest absolute Gasteiger partial charge is 0.437 e. The van der Waals surface area contributed by atoms with Crippen LogP contribution in [0.1, 0.15) is 18.2 Å². The number of aryl methyl sites for hydroxylation is 1. The number of hydrogen-bond acceptors (Lipinski definition) is 4. The van der Waals surface area contributed by atoms with Crippen LogP contribution < -0.4 is 4.74 Å². The molecule has 0 amide bonds. The molecule has 1 aromatic carbocycles. The van der Waals surface area contributed by atoms with E-state index in [9.17, 15) is 5.11 Å². The zero-order valence-corrected chi connectivity index (χ0v) is 12.4. The molecule has 0 aliphatic rings. The first-order valence-electron chi connectivity index (χ1n) is 6.24. The van der Waals surface area contributed by atoms with E-state index < -0.39 is 0 Å². The lowest BCUT2D eigenvalue weighted by atomic mass is 10.1. The molecular weight excluding hydrogens is 296 g/mol. The van der Waals surface area contributed by atoms with Crippen LogP contribution in [-0.4, -0.2) is 14.5 Å². The minimum atomic E-state index is -0.124. The summed E-state index contributed by atoms with van der Waals surface area (Å²) >= 11 is 7.59. The lowest BCUT2D eigenvalue weighted by molar-refractivity contribution is 0.270. The molecule has 3 rings (SSSR count). The van der Waals surface area contributed by atoms with Crippen LogP contribution in [0.4, 0.5) is 0 Å². The SMILES string of the molecule is CCc1cc(Oc2nc3sccn3c2CO)ccc1Cl. The van der Waals surface area contributed by atoms with Crippen LogP contribution in [0, 0.1) is 0 Å². The third kappa shape index (κ3) is 2.28. The Hall–Kier alpha value is -1.56. The molecule has 0 spiro atoms. The monoisotopic (exact) mass is 308 g/mol. The summed E-state index contributed by atoms with van der Waals surface area (Å²) in [7, 11) is 0. The number of imidazole rings is 1. The maximum absolute atomic E-state index is 9.49. The highest BCUT2D eigenvalue weighted by molar-refractivity contribution is 7.15. The Morgan fingerprint density at radius 1 is 1.45 bits per heavy atom. The molecule has 4 nitrogen and oxygen atoms in total. The number of rotatable bonds is 4. The smallest absolute Gasteiger partial charge is 0.244 e. The molecule has 0 atom stereocenters. The van der Waals surface area contributed by atoms with E-state index in [-0.39, 0.29) is 6.61 Å². The van der Waals surface area contributed by atoms with Crippen LogP contribution in [0.15, 0.2) is 29.8 Å². The van der Waals surface area contributed by atoms with Gasteiger partial charge in [0.2, 0.25) is 5.88 Å². The second kappa shape index (κ2) is 5.44. The van der Waals surface area contributed by atoms with Gasteiger partial charge in [-0.25, -0.2) is 0 Å². The number of aliphatic hydroxyl groups excluding tert-OH is 1. The van der Waals surface area contributed by atoms with Crippen LogP contribution in [0.5, 0.6) is 11.6 Å². The molecule has 0 fully saturated rings. The quantitative estimate of drug-likeness (QED) is 0.795. The van der Waals surface area contributed by atoms with Crippen molar-refractivity contribution in [1.29, 1.82) is 0 Å². The number of hydrogen-bond donors (Lipinski definition) is 1. The molecule has 6 heteroatoms. The number of fused-ring (bicyclic) bond motifs is 1. The van der Waals surface area contributed by atoms with Gasteiger partial charge in [-0.3, -0.25) is 4.40 Å². The van der Waals surface area contributed by atoms with Crippen molar-refractivity contribution in [2.75, 3.05) is 0 Å². The predicted octanol–water partition coefficient (Wildman–Crippen LogP) is 3.90. The summed E-state index contributed by atoms with van der Waals surface area (Å²) < 4.78 is 7.63. The van der Waals surface area contributed by atoms with Gasteiger partial charge in [0.15, 0.2) is 4.96 Å². The average molecular weight is 309 g/mol. The summed E-state index contributed by atoms with van der Waals surface area (Å²) in [5, 5.41) is 12.1. The molecule has 0 aliphatic heterocycles. The number of aliphatic hydroxyl groups is 1. The standard InChI is InChI=1S/C14H13ClN2O2S/c1-2-9-7-10(3-4-11(9)15)19-13-12(8-18)17-5-6-20-14(17)16-13/h3-7,18H,2,8H2,1H3. The first-order valence-corrected chi connectivity index (χ1v) is 7.50. The van der Waals surface area contributed by atoms with Crippen molar-refractivity contribution in [3.8, 4) is 11.6 Å². The average Bonchev–Trinajstić information content (AvgIpc) is 3.01. The van der Waals surface area contributed by atoms with Gasteiger partial charge in [-0.1, -0.05) is 18.5 Å². The lowest BCUT2D eigenvalue weighted by Crippen LogP contribution is -1.94. The number of benzene rings is 1. The fourth-order valence-electron chi connectivity index (χ4n) is 2.04.